The van der Waals surface area contributed by atoms with E-state index in [0.29, 0.717) is 30.3 Å². The number of nitrogens with one attached hydrogen (secondary N) is 1. The summed E-state index contributed by atoms with van der Waals surface area (Å²) in [7, 11) is 0. The minimum absolute atomic E-state index is 0.297. The van der Waals surface area contributed by atoms with Crippen molar-refractivity contribution >= 4 is 17.1 Å². The van der Waals surface area contributed by atoms with Crippen LogP contribution in [0.1, 0.15) is 0 Å². The van der Waals surface area contributed by atoms with Gasteiger partial charge in [-0.3, -0.25) is 10.1 Å². The maximum Gasteiger partial charge on any atom is 0.274 e. The molecule has 2 aromatic carbocycles. The molecule has 0 unspecified atom stereocenters. The molecule has 0 saturated carbocycles. The van der Waals surface area contributed by atoms with Gasteiger partial charge < -0.3 is 15.8 Å². The topological polar surface area (TPSA) is 90.4 Å². The first kappa shape index (κ1) is 14.6. The fourth-order valence-corrected chi connectivity index (χ4v) is 1.75. The molecule has 0 radical (unpaired) electrons. The van der Waals surface area contributed by atoms with E-state index in [0.717, 1.165) is 6.07 Å². The summed E-state index contributed by atoms with van der Waals surface area (Å²) in [5, 5.41) is 13.5. The fraction of sp³-hybridized carbons (Fsp3) is 0.143. The lowest BCUT2D eigenvalue weighted by molar-refractivity contribution is -0.385. The Labute approximate surface area is 120 Å². The summed E-state index contributed by atoms with van der Waals surface area (Å²) in [5.41, 5.74) is 6.25. The summed E-state index contributed by atoms with van der Waals surface area (Å²) >= 11 is 0. The van der Waals surface area contributed by atoms with Gasteiger partial charge in [-0.25, -0.2) is 4.39 Å². The minimum Gasteiger partial charge on any atom is -0.492 e. The van der Waals surface area contributed by atoms with Gasteiger partial charge in [0.2, 0.25) is 0 Å². The summed E-state index contributed by atoms with van der Waals surface area (Å²) in [6.07, 6.45) is 0. The number of hydrogen-bond acceptors (Lipinski definition) is 5. The van der Waals surface area contributed by atoms with Crippen molar-refractivity contribution in [2.45, 2.75) is 0 Å². The van der Waals surface area contributed by atoms with Gasteiger partial charge >= 0.3 is 0 Å². The standard InChI is InChI=1S/C14H14FN3O3/c15-10-6-12(9-13(7-10)18(19)20)17-4-5-21-14-3-1-2-11(16)8-14/h1-3,6-9,17H,4-5,16H2. The van der Waals surface area contributed by atoms with Crippen LogP contribution >= 0.6 is 0 Å². The molecule has 7 heteroatoms. The SMILES string of the molecule is Nc1cccc(OCCNc2cc(F)cc([N+](=O)[O-])c2)c1. The molecule has 0 aliphatic carbocycles. The highest BCUT2D eigenvalue weighted by molar-refractivity contribution is 5.51. The zero-order valence-corrected chi connectivity index (χ0v) is 11.1. The van der Waals surface area contributed by atoms with Gasteiger partial charge in [0.05, 0.1) is 11.0 Å². The predicted octanol–water partition coefficient (Wildman–Crippen LogP) is 2.81. The molecule has 0 aliphatic rings. The summed E-state index contributed by atoms with van der Waals surface area (Å²) in [6, 6.07) is 10.3. The monoisotopic (exact) mass is 291 g/mol. The van der Waals surface area contributed by atoms with Gasteiger partial charge in [-0.2, -0.15) is 0 Å². The van der Waals surface area contributed by atoms with E-state index in [-0.39, 0.29) is 5.69 Å². The van der Waals surface area contributed by atoms with Crippen molar-refractivity contribution in [1.82, 2.24) is 0 Å². The van der Waals surface area contributed by atoms with Crippen LogP contribution in [0.3, 0.4) is 0 Å². The number of nitrogens with zero attached hydrogens (tertiary/aromatic N) is 1. The number of nitro groups is 1. The Kier molecular flexibility index (Phi) is 4.55. The van der Waals surface area contributed by atoms with E-state index in [9.17, 15) is 14.5 Å². The number of anilines is 2. The Morgan fingerprint density at radius 1 is 1.29 bits per heavy atom. The maximum absolute atomic E-state index is 13.2. The molecule has 6 nitrogen and oxygen atoms in total. The number of halogens is 1. The Morgan fingerprint density at radius 2 is 2.10 bits per heavy atom. The zero-order valence-electron chi connectivity index (χ0n) is 11.1. The van der Waals surface area contributed by atoms with E-state index in [1.54, 1.807) is 24.3 Å². The second kappa shape index (κ2) is 6.56. The maximum atomic E-state index is 13.2. The van der Waals surface area contributed by atoms with E-state index in [2.05, 4.69) is 5.32 Å². The highest BCUT2D eigenvalue weighted by Crippen LogP contribution is 2.20. The third-order valence-corrected chi connectivity index (χ3v) is 2.65. The first-order valence-electron chi connectivity index (χ1n) is 6.22. The fourth-order valence-electron chi connectivity index (χ4n) is 1.75. The number of benzene rings is 2. The first-order chi connectivity index (χ1) is 10.0. The molecule has 2 aromatic rings. The van der Waals surface area contributed by atoms with E-state index in [1.165, 1.54) is 12.1 Å². The van der Waals surface area contributed by atoms with E-state index in [1.807, 2.05) is 0 Å². The third kappa shape index (κ3) is 4.34. The number of non-ortho nitro benzene ring substituents is 1. The molecular weight excluding hydrogens is 277 g/mol. The van der Waals surface area contributed by atoms with Crippen molar-refractivity contribution in [2.75, 3.05) is 24.2 Å². The number of nitrogens with two attached hydrogens (primary N) is 1. The van der Waals surface area contributed by atoms with Crippen molar-refractivity contribution in [2.24, 2.45) is 0 Å². The van der Waals surface area contributed by atoms with E-state index >= 15 is 0 Å². The number of ether oxygens (including phenoxy) is 1. The Morgan fingerprint density at radius 3 is 2.81 bits per heavy atom. The van der Waals surface area contributed by atoms with Gasteiger partial charge in [0.15, 0.2) is 0 Å². The summed E-state index contributed by atoms with van der Waals surface area (Å²) < 4.78 is 18.7. The average molecular weight is 291 g/mol. The van der Waals surface area contributed by atoms with Crippen LogP contribution in [0.5, 0.6) is 5.75 Å². The van der Waals surface area contributed by atoms with Crippen molar-refractivity contribution in [1.29, 1.82) is 0 Å². The largest absolute Gasteiger partial charge is 0.492 e. The normalized spacial score (nSPS) is 10.1. The second-order valence-corrected chi connectivity index (χ2v) is 4.30. The molecule has 0 spiro atoms. The molecule has 0 amide bonds. The van der Waals surface area contributed by atoms with Gasteiger partial charge in [0, 0.05) is 30.1 Å². The number of nitrogen functional groups attached to an aromatic ring is 1. The molecule has 0 heterocycles. The van der Waals surface area contributed by atoms with Crippen LogP contribution < -0.4 is 15.8 Å². The van der Waals surface area contributed by atoms with E-state index < -0.39 is 10.7 Å². The summed E-state index contributed by atoms with van der Waals surface area (Å²) in [6.45, 7) is 0.684. The summed E-state index contributed by atoms with van der Waals surface area (Å²) in [5.74, 6) is -0.0366. The molecule has 0 saturated heterocycles. The zero-order chi connectivity index (χ0) is 15.2. The van der Waals surface area contributed by atoms with Crippen LogP contribution in [0.15, 0.2) is 42.5 Å². The van der Waals surface area contributed by atoms with Crippen LogP contribution in [0, 0.1) is 15.9 Å². The molecule has 0 atom stereocenters. The van der Waals surface area contributed by atoms with Crippen LogP contribution in [0.25, 0.3) is 0 Å². The average Bonchev–Trinajstić information content (AvgIpc) is 2.43. The molecular formula is C14H14FN3O3. The van der Waals surface area contributed by atoms with Gasteiger partial charge in [-0.1, -0.05) is 6.07 Å². The van der Waals surface area contributed by atoms with Crippen molar-refractivity contribution < 1.29 is 14.1 Å². The third-order valence-electron chi connectivity index (χ3n) is 2.65. The quantitative estimate of drug-likeness (QED) is 0.369. The lowest BCUT2D eigenvalue weighted by atomic mass is 10.2. The molecule has 110 valence electrons. The Bertz CT molecular complexity index is 649. The predicted molar refractivity (Wildman–Crippen MR) is 77.9 cm³/mol. The van der Waals surface area contributed by atoms with Crippen LogP contribution in [-0.4, -0.2) is 18.1 Å². The molecule has 0 fully saturated rings. The van der Waals surface area contributed by atoms with Gasteiger partial charge in [0.25, 0.3) is 5.69 Å². The van der Waals surface area contributed by atoms with Crippen molar-refractivity contribution in [3.8, 4) is 5.75 Å². The lowest BCUT2D eigenvalue weighted by Gasteiger charge is -2.09. The second-order valence-electron chi connectivity index (χ2n) is 4.30. The molecule has 21 heavy (non-hydrogen) atoms. The van der Waals surface area contributed by atoms with Crippen molar-refractivity contribution in [3.05, 3.63) is 58.4 Å². The Hall–Kier alpha value is -2.83. The van der Waals surface area contributed by atoms with Gasteiger partial charge in [0.1, 0.15) is 18.2 Å². The van der Waals surface area contributed by atoms with E-state index in [4.69, 9.17) is 10.5 Å². The first-order valence-corrected chi connectivity index (χ1v) is 6.22. The lowest BCUT2D eigenvalue weighted by Crippen LogP contribution is -2.11. The summed E-state index contributed by atoms with van der Waals surface area (Å²) in [4.78, 5) is 9.99. The molecule has 0 bridgehead atoms. The smallest absolute Gasteiger partial charge is 0.274 e. The molecule has 2 rings (SSSR count). The van der Waals surface area contributed by atoms with Gasteiger partial charge in [-0.15, -0.1) is 0 Å². The molecule has 0 aliphatic heterocycles. The number of rotatable bonds is 6. The number of nitro benzene ring substituents is 1. The van der Waals surface area contributed by atoms with Crippen LogP contribution in [-0.2, 0) is 0 Å². The number of hydrogen-bond donors (Lipinski definition) is 2. The van der Waals surface area contributed by atoms with Crippen LogP contribution in [0.2, 0.25) is 0 Å². The van der Waals surface area contributed by atoms with Crippen molar-refractivity contribution in [3.63, 3.8) is 0 Å². The van der Waals surface area contributed by atoms with Gasteiger partial charge in [-0.05, 0) is 18.2 Å². The minimum atomic E-state index is -0.663. The highest BCUT2D eigenvalue weighted by Gasteiger charge is 2.09. The molecule has 3 N–H and O–H groups in total. The van der Waals surface area contributed by atoms with Crippen LogP contribution in [0.4, 0.5) is 21.5 Å². The Balaban J connectivity index is 1.87. The highest BCUT2D eigenvalue weighted by atomic mass is 19.1. The molecule has 0 aromatic heterocycles.